The molecule has 0 aromatic heterocycles. The van der Waals surface area contributed by atoms with Crippen molar-refractivity contribution >= 4 is 5.91 Å². The third-order valence-corrected chi connectivity index (χ3v) is 3.93. The van der Waals surface area contributed by atoms with Crippen molar-refractivity contribution in [2.45, 2.75) is 52.1 Å². The second-order valence-electron chi connectivity index (χ2n) is 6.03. The fraction of sp³-hybridized carbons (Fsp3) is 0.933. The van der Waals surface area contributed by atoms with Crippen LogP contribution in [0, 0.1) is 0 Å². The average Bonchev–Trinajstić information content (AvgIpc) is 2.60. The quantitative estimate of drug-likeness (QED) is 0.720. The zero-order chi connectivity index (χ0) is 15.0. The van der Waals surface area contributed by atoms with Gasteiger partial charge in [-0.15, -0.1) is 0 Å². The maximum absolute atomic E-state index is 11.8. The number of carbonyl (C=O) groups excluding carboxylic acids is 1. The minimum atomic E-state index is 0.141. The summed E-state index contributed by atoms with van der Waals surface area (Å²) in [5.41, 5.74) is 5.70. The highest BCUT2D eigenvalue weighted by Gasteiger charge is 2.21. The smallest absolute Gasteiger partial charge is 0.234 e. The van der Waals surface area contributed by atoms with Gasteiger partial charge in [0.15, 0.2) is 0 Å². The highest BCUT2D eigenvalue weighted by molar-refractivity contribution is 5.78. The molecule has 20 heavy (non-hydrogen) atoms. The predicted octanol–water partition coefficient (Wildman–Crippen LogP) is 0.646. The number of nitrogens with one attached hydrogen (secondary N) is 1. The number of hydrogen-bond acceptors (Lipinski definition) is 4. The van der Waals surface area contributed by atoms with Crippen molar-refractivity contribution in [3.63, 3.8) is 0 Å². The molecule has 0 aromatic carbocycles. The van der Waals surface area contributed by atoms with E-state index in [0.717, 1.165) is 52.0 Å². The van der Waals surface area contributed by atoms with Crippen LogP contribution in [0.1, 0.15) is 40.0 Å². The molecule has 0 aromatic rings. The molecule has 5 heteroatoms. The molecule has 1 fully saturated rings. The van der Waals surface area contributed by atoms with Crippen LogP contribution in [0.15, 0.2) is 0 Å². The Hall–Kier alpha value is -0.650. The van der Waals surface area contributed by atoms with Crippen molar-refractivity contribution < 1.29 is 4.79 Å². The number of carbonyl (C=O) groups is 1. The lowest BCUT2D eigenvalue weighted by atomic mass is 10.1. The second kappa shape index (κ2) is 9.32. The summed E-state index contributed by atoms with van der Waals surface area (Å²) >= 11 is 0. The first kappa shape index (κ1) is 17.4. The van der Waals surface area contributed by atoms with Crippen molar-refractivity contribution in [3.8, 4) is 0 Å². The fourth-order valence-electron chi connectivity index (χ4n) is 2.92. The van der Waals surface area contributed by atoms with Crippen molar-refractivity contribution in [2.75, 3.05) is 39.3 Å². The van der Waals surface area contributed by atoms with E-state index >= 15 is 0 Å². The van der Waals surface area contributed by atoms with Gasteiger partial charge in [-0.05, 0) is 52.7 Å². The molecular formula is C15H32N4O. The number of rotatable bonds is 7. The van der Waals surface area contributed by atoms with Gasteiger partial charge in [-0.25, -0.2) is 0 Å². The zero-order valence-corrected chi connectivity index (χ0v) is 13.4. The van der Waals surface area contributed by atoms with Gasteiger partial charge in [-0.1, -0.05) is 6.92 Å². The van der Waals surface area contributed by atoms with Gasteiger partial charge in [0.1, 0.15) is 0 Å². The van der Waals surface area contributed by atoms with Gasteiger partial charge in [0, 0.05) is 25.2 Å². The zero-order valence-electron chi connectivity index (χ0n) is 13.4. The topological polar surface area (TPSA) is 61.6 Å². The number of nitrogens with zero attached hydrogens (tertiary/aromatic N) is 2. The van der Waals surface area contributed by atoms with Gasteiger partial charge in [0.25, 0.3) is 0 Å². The summed E-state index contributed by atoms with van der Waals surface area (Å²) in [6.07, 6.45) is 3.37. The third-order valence-electron chi connectivity index (χ3n) is 3.93. The SMILES string of the molecule is CCC(CCN)N1CCCN(CC(=O)NC(C)C)CC1. The second-order valence-corrected chi connectivity index (χ2v) is 6.03. The van der Waals surface area contributed by atoms with Crippen LogP contribution in [0.5, 0.6) is 0 Å². The van der Waals surface area contributed by atoms with Gasteiger partial charge in [0.2, 0.25) is 5.91 Å². The summed E-state index contributed by atoms with van der Waals surface area (Å²) in [5, 5.41) is 2.97. The van der Waals surface area contributed by atoms with Gasteiger partial charge in [0.05, 0.1) is 6.54 Å². The normalized spacial score (nSPS) is 19.9. The minimum Gasteiger partial charge on any atom is -0.353 e. The molecule has 0 saturated carbocycles. The summed E-state index contributed by atoms with van der Waals surface area (Å²) in [7, 11) is 0. The maximum atomic E-state index is 11.8. The molecule has 118 valence electrons. The molecule has 1 aliphatic heterocycles. The Morgan fingerprint density at radius 3 is 2.60 bits per heavy atom. The van der Waals surface area contributed by atoms with Crippen LogP contribution >= 0.6 is 0 Å². The molecule has 1 saturated heterocycles. The van der Waals surface area contributed by atoms with Crippen molar-refractivity contribution in [2.24, 2.45) is 5.73 Å². The highest BCUT2D eigenvalue weighted by Crippen LogP contribution is 2.12. The Labute approximate surface area is 123 Å². The van der Waals surface area contributed by atoms with E-state index in [-0.39, 0.29) is 11.9 Å². The first-order chi connectivity index (χ1) is 9.56. The van der Waals surface area contributed by atoms with Crippen LogP contribution in [0.4, 0.5) is 0 Å². The summed E-state index contributed by atoms with van der Waals surface area (Å²) < 4.78 is 0. The van der Waals surface area contributed by atoms with Crippen LogP contribution < -0.4 is 11.1 Å². The average molecular weight is 284 g/mol. The third kappa shape index (κ3) is 6.20. The molecule has 5 nitrogen and oxygen atoms in total. The molecule has 1 aliphatic rings. The molecule has 0 aliphatic carbocycles. The summed E-state index contributed by atoms with van der Waals surface area (Å²) in [5.74, 6) is 0.141. The van der Waals surface area contributed by atoms with E-state index in [2.05, 4.69) is 22.0 Å². The molecular weight excluding hydrogens is 252 g/mol. The summed E-state index contributed by atoms with van der Waals surface area (Å²) in [6.45, 7) is 11.7. The Morgan fingerprint density at radius 1 is 1.25 bits per heavy atom. The monoisotopic (exact) mass is 284 g/mol. The summed E-state index contributed by atoms with van der Waals surface area (Å²) in [6, 6.07) is 0.824. The van der Waals surface area contributed by atoms with Crippen molar-refractivity contribution in [3.05, 3.63) is 0 Å². The molecule has 0 bridgehead atoms. The molecule has 3 N–H and O–H groups in total. The maximum Gasteiger partial charge on any atom is 0.234 e. The van der Waals surface area contributed by atoms with Crippen LogP contribution in [-0.4, -0.2) is 67.1 Å². The highest BCUT2D eigenvalue weighted by atomic mass is 16.2. The van der Waals surface area contributed by atoms with Gasteiger partial charge in [-0.2, -0.15) is 0 Å². The fourth-order valence-corrected chi connectivity index (χ4v) is 2.92. The van der Waals surface area contributed by atoms with E-state index in [0.29, 0.717) is 12.6 Å². The molecule has 0 spiro atoms. The lowest BCUT2D eigenvalue weighted by molar-refractivity contribution is -0.122. The van der Waals surface area contributed by atoms with E-state index in [1.54, 1.807) is 0 Å². The Morgan fingerprint density at radius 2 is 2.00 bits per heavy atom. The largest absolute Gasteiger partial charge is 0.353 e. The van der Waals surface area contributed by atoms with Gasteiger partial charge in [-0.3, -0.25) is 14.6 Å². The van der Waals surface area contributed by atoms with E-state index in [1.807, 2.05) is 13.8 Å². The molecule has 1 rings (SSSR count). The first-order valence-corrected chi connectivity index (χ1v) is 8.02. The van der Waals surface area contributed by atoms with Crippen LogP contribution in [0.25, 0.3) is 0 Å². The Balaban J connectivity index is 2.40. The number of amides is 1. The summed E-state index contributed by atoms with van der Waals surface area (Å²) in [4.78, 5) is 16.6. The molecule has 1 amide bonds. The number of nitrogens with two attached hydrogens (primary N) is 1. The van der Waals surface area contributed by atoms with Crippen LogP contribution in [0.3, 0.4) is 0 Å². The molecule has 0 radical (unpaired) electrons. The Bertz CT molecular complexity index is 283. The van der Waals surface area contributed by atoms with E-state index in [9.17, 15) is 4.79 Å². The van der Waals surface area contributed by atoms with E-state index < -0.39 is 0 Å². The van der Waals surface area contributed by atoms with Gasteiger partial charge < -0.3 is 11.1 Å². The molecule has 1 atom stereocenters. The standard InChI is InChI=1S/C15H32N4O/c1-4-14(6-7-16)19-9-5-8-18(10-11-19)12-15(20)17-13(2)3/h13-14H,4-12,16H2,1-3H3,(H,17,20). The lowest BCUT2D eigenvalue weighted by Gasteiger charge is -2.29. The van der Waals surface area contributed by atoms with Gasteiger partial charge >= 0.3 is 0 Å². The predicted molar refractivity (Wildman–Crippen MR) is 83.7 cm³/mol. The van der Waals surface area contributed by atoms with Crippen molar-refractivity contribution in [1.29, 1.82) is 0 Å². The van der Waals surface area contributed by atoms with Crippen molar-refractivity contribution in [1.82, 2.24) is 15.1 Å². The Kier molecular flexibility index (Phi) is 8.11. The molecule has 1 heterocycles. The minimum absolute atomic E-state index is 0.141. The van der Waals surface area contributed by atoms with Crippen LogP contribution in [0.2, 0.25) is 0 Å². The first-order valence-electron chi connectivity index (χ1n) is 8.02. The number of hydrogen-bond donors (Lipinski definition) is 2. The van der Waals surface area contributed by atoms with E-state index in [4.69, 9.17) is 5.73 Å². The molecule has 1 unspecified atom stereocenters. The van der Waals surface area contributed by atoms with Crippen LogP contribution in [-0.2, 0) is 4.79 Å². The van der Waals surface area contributed by atoms with E-state index in [1.165, 1.54) is 0 Å². The lowest BCUT2D eigenvalue weighted by Crippen LogP contribution is -2.42.